The summed E-state index contributed by atoms with van der Waals surface area (Å²) in [5.41, 5.74) is 0. The largest absolute Gasteiger partial charge is 0.318 e. The van der Waals surface area contributed by atoms with Crippen molar-refractivity contribution in [2.45, 2.75) is 19.5 Å². The van der Waals surface area contributed by atoms with Gasteiger partial charge in [0.25, 0.3) is 0 Å². The summed E-state index contributed by atoms with van der Waals surface area (Å²) in [4.78, 5) is 1.29. The lowest BCUT2D eigenvalue weighted by molar-refractivity contribution is 0.526. The Hall–Kier alpha value is -0.0900. The minimum atomic E-state index is 0.492. The molecule has 1 aromatic heterocycles. The topological polar surface area (TPSA) is 24.1 Å². The minimum absolute atomic E-state index is 0.492. The molecule has 0 aliphatic heterocycles. The van der Waals surface area contributed by atoms with E-state index in [1.54, 1.807) is 11.3 Å². The van der Waals surface area contributed by atoms with Crippen LogP contribution in [0.5, 0.6) is 0 Å². The molecule has 0 saturated carbocycles. The molecule has 1 atom stereocenters. The third-order valence-corrected chi connectivity index (χ3v) is 3.00. The maximum Gasteiger partial charge on any atom is 0.0931 e. The Bertz CT molecular complexity index is 250. The van der Waals surface area contributed by atoms with Gasteiger partial charge in [-0.2, -0.15) is 0 Å². The van der Waals surface area contributed by atoms with Crippen LogP contribution in [0, 0.1) is 0 Å². The van der Waals surface area contributed by atoms with E-state index in [-0.39, 0.29) is 0 Å². The molecule has 0 bridgehead atoms. The molecule has 0 radical (unpaired) electrons. The van der Waals surface area contributed by atoms with Gasteiger partial charge in [0.2, 0.25) is 0 Å². The molecule has 0 amide bonds. The first-order valence-corrected chi connectivity index (χ1v) is 5.54. The molecule has 1 rings (SSSR count). The smallest absolute Gasteiger partial charge is 0.0931 e. The molecule has 1 heterocycles. The molecule has 0 fully saturated rings. The zero-order chi connectivity index (χ0) is 9.68. The monoisotopic (exact) mass is 218 g/mol. The fourth-order valence-corrected chi connectivity index (χ4v) is 2.14. The molecule has 2 N–H and O–H groups in total. The number of hydrogen-bond acceptors (Lipinski definition) is 3. The van der Waals surface area contributed by atoms with E-state index in [2.05, 4.69) is 23.6 Å². The molecule has 1 aromatic rings. The lowest BCUT2D eigenvalue weighted by atomic mass is 10.3. The Morgan fingerprint density at radius 1 is 1.54 bits per heavy atom. The van der Waals surface area contributed by atoms with Gasteiger partial charge in [-0.05, 0) is 26.1 Å². The number of likely N-dealkylation sites (N-methyl/N-ethyl adjacent to an activating group) is 1. The fourth-order valence-electron chi connectivity index (χ4n) is 1.10. The fraction of sp³-hybridized carbons (Fsp3) is 0.556. The highest BCUT2D eigenvalue weighted by atomic mass is 35.5. The Kier molecular flexibility index (Phi) is 4.73. The van der Waals surface area contributed by atoms with Crippen molar-refractivity contribution in [3.8, 4) is 0 Å². The van der Waals surface area contributed by atoms with E-state index in [0.29, 0.717) is 6.04 Å². The average molecular weight is 219 g/mol. The Balaban J connectivity index is 2.26. The van der Waals surface area contributed by atoms with Gasteiger partial charge in [-0.15, -0.1) is 11.3 Å². The standard InChI is InChI=1S/C9H15ClN2S/c1-7(5-11-2)12-6-8-3-4-9(10)13-8/h3-4,7,11-12H,5-6H2,1-2H3. The van der Waals surface area contributed by atoms with E-state index in [4.69, 9.17) is 11.6 Å². The predicted octanol–water partition coefficient (Wildman–Crippen LogP) is 2.10. The molecular formula is C9H15ClN2S. The van der Waals surface area contributed by atoms with Crippen molar-refractivity contribution in [2.24, 2.45) is 0 Å². The number of thiophene rings is 1. The zero-order valence-corrected chi connectivity index (χ0v) is 9.50. The van der Waals surface area contributed by atoms with Gasteiger partial charge in [-0.25, -0.2) is 0 Å². The number of nitrogens with one attached hydrogen (secondary N) is 2. The van der Waals surface area contributed by atoms with E-state index in [0.717, 1.165) is 17.4 Å². The van der Waals surface area contributed by atoms with Gasteiger partial charge >= 0.3 is 0 Å². The molecule has 0 aliphatic rings. The van der Waals surface area contributed by atoms with Crippen molar-refractivity contribution in [1.29, 1.82) is 0 Å². The Morgan fingerprint density at radius 3 is 2.85 bits per heavy atom. The van der Waals surface area contributed by atoms with Crippen LogP contribution < -0.4 is 10.6 Å². The van der Waals surface area contributed by atoms with Crippen LogP contribution in [-0.4, -0.2) is 19.6 Å². The van der Waals surface area contributed by atoms with Gasteiger partial charge in [0.1, 0.15) is 0 Å². The second-order valence-corrected chi connectivity index (χ2v) is 4.85. The lowest BCUT2D eigenvalue weighted by Gasteiger charge is -2.11. The quantitative estimate of drug-likeness (QED) is 0.791. The van der Waals surface area contributed by atoms with Gasteiger partial charge in [-0.1, -0.05) is 11.6 Å². The number of hydrogen-bond donors (Lipinski definition) is 2. The normalized spacial score (nSPS) is 13.2. The third kappa shape index (κ3) is 4.09. The van der Waals surface area contributed by atoms with E-state index < -0.39 is 0 Å². The van der Waals surface area contributed by atoms with Gasteiger partial charge in [0.05, 0.1) is 4.34 Å². The maximum atomic E-state index is 5.82. The Labute approximate surface area is 88.3 Å². The van der Waals surface area contributed by atoms with Crippen LogP contribution in [-0.2, 0) is 6.54 Å². The third-order valence-electron chi connectivity index (χ3n) is 1.76. The Morgan fingerprint density at radius 2 is 2.31 bits per heavy atom. The number of halogens is 1. The maximum absolute atomic E-state index is 5.82. The summed E-state index contributed by atoms with van der Waals surface area (Å²) in [6, 6.07) is 4.49. The number of rotatable bonds is 5. The van der Waals surface area contributed by atoms with Crippen LogP contribution in [0.1, 0.15) is 11.8 Å². The van der Waals surface area contributed by atoms with Crippen LogP contribution in [0.4, 0.5) is 0 Å². The lowest BCUT2D eigenvalue weighted by Crippen LogP contribution is -2.34. The highest BCUT2D eigenvalue weighted by molar-refractivity contribution is 7.16. The zero-order valence-electron chi connectivity index (χ0n) is 7.93. The highest BCUT2D eigenvalue weighted by Gasteiger charge is 2.01. The van der Waals surface area contributed by atoms with Crippen LogP contribution in [0.25, 0.3) is 0 Å². The van der Waals surface area contributed by atoms with Gasteiger partial charge < -0.3 is 10.6 Å². The van der Waals surface area contributed by atoms with Crippen molar-refractivity contribution < 1.29 is 0 Å². The van der Waals surface area contributed by atoms with Crippen LogP contribution in [0.15, 0.2) is 12.1 Å². The molecule has 0 saturated heterocycles. The second kappa shape index (κ2) is 5.60. The first-order chi connectivity index (χ1) is 6.22. The summed E-state index contributed by atoms with van der Waals surface area (Å²) in [6.07, 6.45) is 0. The van der Waals surface area contributed by atoms with Gasteiger partial charge in [0, 0.05) is 24.0 Å². The first-order valence-electron chi connectivity index (χ1n) is 4.34. The average Bonchev–Trinajstić information content (AvgIpc) is 2.49. The summed E-state index contributed by atoms with van der Waals surface area (Å²) in [6.45, 7) is 4.05. The molecule has 2 nitrogen and oxygen atoms in total. The van der Waals surface area contributed by atoms with Gasteiger partial charge in [0.15, 0.2) is 0 Å². The predicted molar refractivity (Wildman–Crippen MR) is 59.6 cm³/mol. The molecular weight excluding hydrogens is 204 g/mol. The summed E-state index contributed by atoms with van der Waals surface area (Å²) in [5, 5.41) is 6.53. The van der Waals surface area contributed by atoms with Crippen molar-refractivity contribution in [2.75, 3.05) is 13.6 Å². The van der Waals surface area contributed by atoms with Gasteiger partial charge in [-0.3, -0.25) is 0 Å². The van der Waals surface area contributed by atoms with Crippen LogP contribution >= 0.6 is 22.9 Å². The van der Waals surface area contributed by atoms with Crippen molar-refractivity contribution in [1.82, 2.24) is 10.6 Å². The van der Waals surface area contributed by atoms with E-state index >= 15 is 0 Å². The molecule has 0 spiro atoms. The van der Waals surface area contributed by atoms with Crippen molar-refractivity contribution >= 4 is 22.9 Å². The molecule has 0 aromatic carbocycles. The summed E-state index contributed by atoms with van der Waals surface area (Å²) < 4.78 is 0.859. The molecule has 74 valence electrons. The van der Waals surface area contributed by atoms with Crippen LogP contribution in [0.3, 0.4) is 0 Å². The minimum Gasteiger partial charge on any atom is -0.318 e. The van der Waals surface area contributed by atoms with Crippen molar-refractivity contribution in [3.05, 3.63) is 21.3 Å². The summed E-state index contributed by atoms with van der Waals surface area (Å²) in [7, 11) is 1.96. The van der Waals surface area contributed by atoms with Crippen LogP contribution in [0.2, 0.25) is 4.34 Å². The van der Waals surface area contributed by atoms with E-state index in [1.807, 2.05) is 13.1 Å². The SMILES string of the molecule is CNCC(C)NCc1ccc(Cl)s1. The molecule has 1 unspecified atom stereocenters. The van der Waals surface area contributed by atoms with Crippen molar-refractivity contribution in [3.63, 3.8) is 0 Å². The highest BCUT2D eigenvalue weighted by Crippen LogP contribution is 2.20. The second-order valence-electron chi connectivity index (χ2n) is 3.05. The summed E-state index contributed by atoms with van der Waals surface area (Å²) in [5.74, 6) is 0. The van der Waals surface area contributed by atoms with E-state index in [1.165, 1.54) is 4.88 Å². The van der Waals surface area contributed by atoms with E-state index in [9.17, 15) is 0 Å². The first kappa shape index (κ1) is 11.0. The molecule has 4 heteroatoms. The molecule has 0 aliphatic carbocycles. The molecule has 13 heavy (non-hydrogen) atoms. The summed E-state index contributed by atoms with van der Waals surface area (Å²) >= 11 is 7.45.